The SMILES string of the molecule is C=Cn1nnc(NC(=O)c2ccc(OC)c(OC)c2)n1. The molecule has 0 radical (unpaired) electrons. The van der Waals surface area contributed by atoms with Crippen LogP contribution in [0.4, 0.5) is 5.95 Å². The Kier molecular flexibility index (Phi) is 3.94. The number of rotatable bonds is 5. The van der Waals surface area contributed by atoms with Gasteiger partial charge < -0.3 is 9.47 Å². The van der Waals surface area contributed by atoms with Crippen LogP contribution in [0.3, 0.4) is 0 Å². The predicted molar refractivity (Wildman–Crippen MR) is 71.7 cm³/mol. The Morgan fingerprint density at radius 2 is 2.10 bits per heavy atom. The molecule has 0 spiro atoms. The summed E-state index contributed by atoms with van der Waals surface area (Å²) in [4.78, 5) is 13.2. The number of carbonyl (C=O) groups is 1. The van der Waals surface area contributed by atoms with E-state index in [9.17, 15) is 4.79 Å². The van der Waals surface area contributed by atoms with E-state index in [4.69, 9.17) is 9.47 Å². The van der Waals surface area contributed by atoms with Gasteiger partial charge in [-0.3, -0.25) is 10.1 Å². The van der Waals surface area contributed by atoms with Gasteiger partial charge in [-0.15, -0.1) is 9.90 Å². The zero-order valence-electron chi connectivity index (χ0n) is 11.0. The second kappa shape index (κ2) is 5.83. The van der Waals surface area contributed by atoms with Crippen LogP contribution in [-0.2, 0) is 0 Å². The summed E-state index contributed by atoms with van der Waals surface area (Å²) in [6.45, 7) is 3.48. The standard InChI is InChI=1S/C12H13N5O3/c1-4-17-15-12(14-16-17)13-11(18)8-5-6-9(19-2)10(7-8)20-3/h4-7H,1H2,2-3H3,(H,13,15,18). The number of hydrogen-bond acceptors (Lipinski definition) is 6. The molecule has 2 aromatic rings. The highest BCUT2D eigenvalue weighted by molar-refractivity contribution is 6.03. The van der Waals surface area contributed by atoms with Gasteiger partial charge in [-0.25, -0.2) is 0 Å². The molecule has 0 fully saturated rings. The van der Waals surface area contributed by atoms with Crippen LogP contribution in [0.1, 0.15) is 10.4 Å². The number of anilines is 1. The third-order valence-electron chi connectivity index (χ3n) is 2.46. The molecule has 104 valence electrons. The molecule has 1 amide bonds. The zero-order valence-corrected chi connectivity index (χ0v) is 11.0. The molecule has 0 bridgehead atoms. The number of benzene rings is 1. The summed E-state index contributed by atoms with van der Waals surface area (Å²) in [5.41, 5.74) is 0.387. The van der Waals surface area contributed by atoms with Crippen molar-refractivity contribution in [1.82, 2.24) is 20.2 Å². The van der Waals surface area contributed by atoms with E-state index < -0.39 is 0 Å². The lowest BCUT2D eigenvalue weighted by Gasteiger charge is -2.08. The summed E-state index contributed by atoms with van der Waals surface area (Å²) in [5, 5.41) is 13.7. The second-order valence-corrected chi connectivity index (χ2v) is 3.64. The molecule has 0 unspecified atom stereocenters. The molecule has 0 saturated heterocycles. The van der Waals surface area contributed by atoms with Gasteiger partial charge in [0.25, 0.3) is 11.9 Å². The highest BCUT2D eigenvalue weighted by Crippen LogP contribution is 2.27. The minimum Gasteiger partial charge on any atom is -0.493 e. The zero-order chi connectivity index (χ0) is 14.5. The summed E-state index contributed by atoms with van der Waals surface area (Å²) in [5.74, 6) is 0.710. The highest BCUT2D eigenvalue weighted by Gasteiger charge is 2.12. The van der Waals surface area contributed by atoms with Gasteiger partial charge in [0.1, 0.15) is 0 Å². The summed E-state index contributed by atoms with van der Waals surface area (Å²) in [6.07, 6.45) is 1.36. The second-order valence-electron chi connectivity index (χ2n) is 3.64. The molecule has 20 heavy (non-hydrogen) atoms. The van der Waals surface area contributed by atoms with Crippen molar-refractivity contribution in [1.29, 1.82) is 0 Å². The third-order valence-corrected chi connectivity index (χ3v) is 2.46. The molecule has 1 aromatic carbocycles. The van der Waals surface area contributed by atoms with Crippen LogP contribution in [0.5, 0.6) is 11.5 Å². The minimum absolute atomic E-state index is 0.0877. The van der Waals surface area contributed by atoms with Crippen LogP contribution in [-0.4, -0.2) is 40.3 Å². The van der Waals surface area contributed by atoms with Crippen LogP contribution in [0, 0.1) is 0 Å². The van der Waals surface area contributed by atoms with Crippen molar-refractivity contribution >= 4 is 18.1 Å². The molecule has 0 aliphatic carbocycles. The number of nitrogens with zero attached hydrogens (tertiary/aromatic N) is 4. The molecule has 8 nitrogen and oxygen atoms in total. The third kappa shape index (κ3) is 2.74. The number of hydrogen-bond donors (Lipinski definition) is 1. The lowest BCUT2D eigenvalue weighted by Crippen LogP contribution is -2.13. The van der Waals surface area contributed by atoms with E-state index in [2.05, 4.69) is 27.3 Å². The Bertz CT molecular complexity index is 638. The summed E-state index contributed by atoms with van der Waals surface area (Å²) in [6, 6.07) is 4.81. The fourth-order valence-electron chi connectivity index (χ4n) is 1.50. The normalized spacial score (nSPS) is 9.90. The number of nitrogens with one attached hydrogen (secondary N) is 1. The maximum atomic E-state index is 12.0. The summed E-state index contributed by atoms with van der Waals surface area (Å²) in [7, 11) is 3.02. The van der Waals surface area contributed by atoms with Gasteiger partial charge in [0, 0.05) is 11.8 Å². The van der Waals surface area contributed by atoms with Crippen LogP contribution in [0.25, 0.3) is 6.20 Å². The first-order valence-corrected chi connectivity index (χ1v) is 5.63. The smallest absolute Gasteiger partial charge is 0.270 e. The Morgan fingerprint density at radius 1 is 1.35 bits per heavy atom. The molecule has 2 rings (SSSR count). The molecular formula is C12H13N5O3. The van der Waals surface area contributed by atoms with Crippen molar-refractivity contribution in [2.24, 2.45) is 0 Å². The fourth-order valence-corrected chi connectivity index (χ4v) is 1.50. The molecule has 8 heteroatoms. The Morgan fingerprint density at radius 3 is 2.70 bits per heavy atom. The quantitative estimate of drug-likeness (QED) is 0.876. The number of methoxy groups -OCH3 is 2. The van der Waals surface area contributed by atoms with E-state index in [1.807, 2.05) is 0 Å². The summed E-state index contributed by atoms with van der Waals surface area (Å²) < 4.78 is 10.2. The topological polar surface area (TPSA) is 91.2 Å². The number of carbonyl (C=O) groups excluding carboxylic acids is 1. The van der Waals surface area contributed by atoms with Gasteiger partial charge in [-0.2, -0.15) is 0 Å². The van der Waals surface area contributed by atoms with Crippen LogP contribution in [0.2, 0.25) is 0 Å². The number of tetrazole rings is 1. The molecule has 1 heterocycles. The van der Waals surface area contributed by atoms with Crippen molar-refractivity contribution in [2.45, 2.75) is 0 Å². The maximum absolute atomic E-state index is 12.0. The van der Waals surface area contributed by atoms with Crippen molar-refractivity contribution in [3.05, 3.63) is 30.3 Å². The monoisotopic (exact) mass is 275 g/mol. The van der Waals surface area contributed by atoms with Crippen molar-refractivity contribution in [2.75, 3.05) is 19.5 Å². The van der Waals surface area contributed by atoms with E-state index in [1.54, 1.807) is 18.2 Å². The molecule has 1 aromatic heterocycles. The first kappa shape index (κ1) is 13.5. The first-order chi connectivity index (χ1) is 9.67. The van der Waals surface area contributed by atoms with Gasteiger partial charge >= 0.3 is 0 Å². The van der Waals surface area contributed by atoms with Gasteiger partial charge in [0.2, 0.25) is 0 Å². The summed E-state index contributed by atoms with van der Waals surface area (Å²) >= 11 is 0. The van der Waals surface area contributed by atoms with E-state index in [0.717, 1.165) is 4.80 Å². The van der Waals surface area contributed by atoms with Crippen molar-refractivity contribution in [3.8, 4) is 11.5 Å². The Balaban J connectivity index is 2.18. The lowest BCUT2D eigenvalue weighted by atomic mass is 10.2. The molecular weight excluding hydrogens is 262 g/mol. The van der Waals surface area contributed by atoms with Crippen molar-refractivity contribution < 1.29 is 14.3 Å². The molecule has 0 aliphatic heterocycles. The molecule has 1 N–H and O–H groups in total. The van der Waals surface area contributed by atoms with E-state index >= 15 is 0 Å². The van der Waals surface area contributed by atoms with Crippen LogP contribution >= 0.6 is 0 Å². The largest absolute Gasteiger partial charge is 0.493 e. The van der Waals surface area contributed by atoms with Gasteiger partial charge in [-0.05, 0) is 23.4 Å². The number of amides is 1. The van der Waals surface area contributed by atoms with E-state index in [0.29, 0.717) is 17.1 Å². The molecule has 0 aliphatic rings. The van der Waals surface area contributed by atoms with Crippen molar-refractivity contribution in [3.63, 3.8) is 0 Å². The average Bonchev–Trinajstić information content (AvgIpc) is 2.94. The van der Waals surface area contributed by atoms with Crippen LogP contribution in [0.15, 0.2) is 24.8 Å². The van der Waals surface area contributed by atoms with Crippen LogP contribution < -0.4 is 14.8 Å². The fraction of sp³-hybridized carbons (Fsp3) is 0.167. The van der Waals surface area contributed by atoms with E-state index in [-0.39, 0.29) is 11.9 Å². The minimum atomic E-state index is -0.380. The van der Waals surface area contributed by atoms with Gasteiger partial charge in [0.15, 0.2) is 11.5 Å². The lowest BCUT2D eigenvalue weighted by molar-refractivity contribution is 0.102. The average molecular weight is 275 g/mol. The number of aromatic nitrogens is 4. The van der Waals surface area contributed by atoms with Gasteiger partial charge in [-0.1, -0.05) is 11.7 Å². The molecule has 0 atom stereocenters. The predicted octanol–water partition coefficient (Wildman–Crippen LogP) is 1.04. The number of ether oxygens (including phenoxy) is 2. The first-order valence-electron chi connectivity index (χ1n) is 5.63. The Labute approximate surface area is 115 Å². The Hall–Kier alpha value is -2.90. The highest BCUT2D eigenvalue weighted by atomic mass is 16.5. The maximum Gasteiger partial charge on any atom is 0.270 e. The van der Waals surface area contributed by atoms with E-state index in [1.165, 1.54) is 20.4 Å². The molecule has 0 saturated carbocycles. The van der Waals surface area contributed by atoms with Gasteiger partial charge in [0.05, 0.1) is 14.2 Å².